The maximum atomic E-state index is 13.7. The van der Waals surface area contributed by atoms with Crippen LogP contribution in [0.2, 0.25) is 5.02 Å². The number of amides is 2. The van der Waals surface area contributed by atoms with Crippen molar-refractivity contribution in [2.24, 2.45) is 0 Å². The molecule has 3 rings (SSSR count). The van der Waals surface area contributed by atoms with E-state index in [4.69, 9.17) is 11.6 Å². The zero-order valence-corrected chi connectivity index (χ0v) is 23.0. The lowest BCUT2D eigenvalue weighted by atomic mass is 10.0. The smallest absolute Gasteiger partial charge is 0.243 e. The van der Waals surface area contributed by atoms with E-state index in [1.54, 1.807) is 16.7 Å². The van der Waals surface area contributed by atoms with Gasteiger partial charge in [0.15, 0.2) is 0 Å². The first-order valence-corrected chi connectivity index (χ1v) is 13.8. The fourth-order valence-corrected chi connectivity index (χ4v) is 5.18. The molecule has 1 N–H and O–H groups in total. The Morgan fingerprint density at radius 3 is 2.14 bits per heavy atom. The van der Waals surface area contributed by atoms with Crippen LogP contribution in [0.1, 0.15) is 41.7 Å². The molecule has 0 radical (unpaired) electrons. The van der Waals surface area contributed by atoms with Crippen molar-refractivity contribution < 1.29 is 9.59 Å². The molecule has 2 amide bonds. The number of nitrogens with one attached hydrogen (secondary N) is 1. The molecule has 4 nitrogen and oxygen atoms in total. The van der Waals surface area contributed by atoms with Gasteiger partial charge in [0.05, 0.1) is 5.75 Å². The van der Waals surface area contributed by atoms with E-state index >= 15 is 0 Å². The molecule has 0 bridgehead atoms. The lowest BCUT2D eigenvalue weighted by Crippen LogP contribution is -2.52. The van der Waals surface area contributed by atoms with E-state index in [2.05, 4.69) is 37.4 Å². The number of carbonyl (C=O) groups is 2. The Morgan fingerprint density at radius 1 is 0.889 bits per heavy atom. The fourth-order valence-electron chi connectivity index (χ4n) is 4.21. The average Bonchev–Trinajstić information content (AvgIpc) is 2.82. The summed E-state index contributed by atoms with van der Waals surface area (Å²) in [6.07, 6.45) is 0.445. The second-order valence-corrected chi connectivity index (χ2v) is 10.9. The second-order valence-electron chi connectivity index (χ2n) is 9.51. The predicted molar refractivity (Wildman–Crippen MR) is 151 cm³/mol. The summed E-state index contributed by atoms with van der Waals surface area (Å²) in [5.74, 6) is 0.834. The molecule has 36 heavy (non-hydrogen) atoms. The van der Waals surface area contributed by atoms with Gasteiger partial charge in [-0.15, -0.1) is 11.8 Å². The third kappa shape index (κ3) is 8.72. The Balaban J connectivity index is 1.84. The van der Waals surface area contributed by atoms with Crippen LogP contribution >= 0.6 is 23.4 Å². The first kappa shape index (κ1) is 27.8. The molecule has 3 aromatic rings. The van der Waals surface area contributed by atoms with Crippen LogP contribution in [0, 0.1) is 13.8 Å². The van der Waals surface area contributed by atoms with E-state index in [-0.39, 0.29) is 17.9 Å². The highest BCUT2D eigenvalue weighted by Gasteiger charge is 2.30. The van der Waals surface area contributed by atoms with Crippen LogP contribution in [-0.4, -0.2) is 34.6 Å². The molecule has 0 unspecified atom stereocenters. The number of hydrogen-bond acceptors (Lipinski definition) is 3. The number of carbonyl (C=O) groups excluding carboxylic acids is 2. The number of halogens is 1. The molecule has 0 saturated heterocycles. The quantitative estimate of drug-likeness (QED) is 0.319. The highest BCUT2D eigenvalue weighted by atomic mass is 35.5. The van der Waals surface area contributed by atoms with Crippen LogP contribution in [-0.2, 0) is 28.3 Å². The number of nitrogens with zero attached hydrogens (tertiary/aromatic N) is 1. The third-order valence-electron chi connectivity index (χ3n) is 5.74. The summed E-state index contributed by atoms with van der Waals surface area (Å²) in [5.41, 5.74) is 5.58. The minimum Gasteiger partial charge on any atom is -0.352 e. The van der Waals surface area contributed by atoms with Gasteiger partial charge >= 0.3 is 0 Å². The molecule has 3 aromatic carbocycles. The van der Waals surface area contributed by atoms with Gasteiger partial charge in [0.2, 0.25) is 11.8 Å². The van der Waals surface area contributed by atoms with Gasteiger partial charge in [-0.05, 0) is 56.5 Å². The monoisotopic (exact) mass is 522 g/mol. The summed E-state index contributed by atoms with van der Waals surface area (Å²) in [4.78, 5) is 28.8. The van der Waals surface area contributed by atoms with Crippen molar-refractivity contribution in [1.82, 2.24) is 10.2 Å². The van der Waals surface area contributed by atoms with Crippen LogP contribution in [0.15, 0.2) is 72.8 Å². The van der Waals surface area contributed by atoms with Crippen molar-refractivity contribution in [2.75, 3.05) is 5.75 Å². The highest BCUT2D eigenvalue weighted by molar-refractivity contribution is 7.99. The zero-order chi connectivity index (χ0) is 26.1. The Morgan fingerprint density at radius 2 is 1.53 bits per heavy atom. The summed E-state index contributed by atoms with van der Waals surface area (Å²) < 4.78 is 0. The molecule has 0 aliphatic rings. The Hall–Kier alpha value is -2.76. The minimum atomic E-state index is -0.625. The Labute approximate surface area is 224 Å². The Bertz CT molecular complexity index is 1130. The van der Waals surface area contributed by atoms with Gasteiger partial charge in [0, 0.05) is 29.8 Å². The number of rotatable bonds is 11. The molecular weight excluding hydrogens is 488 g/mol. The van der Waals surface area contributed by atoms with Gasteiger partial charge < -0.3 is 10.2 Å². The molecule has 6 heteroatoms. The van der Waals surface area contributed by atoms with Gasteiger partial charge in [-0.2, -0.15) is 0 Å². The molecule has 0 spiro atoms. The van der Waals surface area contributed by atoms with Gasteiger partial charge in [-0.25, -0.2) is 0 Å². The van der Waals surface area contributed by atoms with E-state index in [0.29, 0.717) is 23.7 Å². The van der Waals surface area contributed by atoms with Crippen LogP contribution in [0.5, 0.6) is 0 Å². The van der Waals surface area contributed by atoms with E-state index in [1.807, 2.05) is 68.4 Å². The van der Waals surface area contributed by atoms with Crippen molar-refractivity contribution in [3.8, 4) is 0 Å². The van der Waals surface area contributed by atoms with E-state index in [0.717, 1.165) is 16.9 Å². The molecule has 0 aliphatic heterocycles. The first-order valence-electron chi connectivity index (χ1n) is 12.2. The van der Waals surface area contributed by atoms with Crippen molar-refractivity contribution >= 4 is 35.2 Å². The number of thioether (sulfide) groups is 1. The number of aryl methyl sites for hydroxylation is 2. The average molecular weight is 523 g/mol. The van der Waals surface area contributed by atoms with Crippen molar-refractivity contribution in [3.63, 3.8) is 0 Å². The van der Waals surface area contributed by atoms with Gasteiger partial charge in [-0.3, -0.25) is 9.59 Å². The van der Waals surface area contributed by atoms with Crippen molar-refractivity contribution in [2.45, 2.75) is 58.5 Å². The molecule has 190 valence electrons. The third-order valence-corrected chi connectivity index (χ3v) is 6.98. The van der Waals surface area contributed by atoms with Crippen LogP contribution in [0.25, 0.3) is 0 Å². The van der Waals surface area contributed by atoms with Crippen LogP contribution in [0.4, 0.5) is 0 Å². The van der Waals surface area contributed by atoms with E-state index in [1.165, 1.54) is 16.7 Å². The van der Waals surface area contributed by atoms with Crippen LogP contribution in [0.3, 0.4) is 0 Å². The summed E-state index contributed by atoms with van der Waals surface area (Å²) in [6, 6.07) is 23.1. The summed E-state index contributed by atoms with van der Waals surface area (Å²) >= 11 is 7.67. The molecule has 0 aliphatic carbocycles. The molecule has 0 aromatic heterocycles. The molecule has 0 saturated carbocycles. The SMILES string of the molecule is Cc1cc(C)cc(CSCC(=O)N(Cc2ccc(Cl)cc2)[C@H](Cc2ccccc2)C(=O)NC(C)C)c1. The van der Waals surface area contributed by atoms with E-state index in [9.17, 15) is 9.59 Å². The van der Waals surface area contributed by atoms with Crippen LogP contribution < -0.4 is 5.32 Å². The lowest BCUT2D eigenvalue weighted by Gasteiger charge is -2.32. The van der Waals surface area contributed by atoms with Gasteiger partial charge in [0.1, 0.15) is 6.04 Å². The molecular formula is C30H35ClN2O2S. The fraction of sp³-hybridized carbons (Fsp3) is 0.333. The highest BCUT2D eigenvalue weighted by Crippen LogP contribution is 2.20. The topological polar surface area (TPSA) is 49.4 Å². The minimum absolute atomic E-state index is 0.0257. The lowest BCUT2D eigenvalue weighted by molar-refractivity contribution is -0.139. The van der Waals surface area contributed by atoms with Crippen molar-refractivity contribution in [3.05, 3.63) is 106 Å². The molecule has 0 heterocycles. The van der Waals surface area contributed by atoms with Gasteiger partial charge in [0.25, 0.3) is 0 Å². The summed E-state index contributed by atoms with van der Waals surface area (Å²) in [7, 11) is 0. The maximum absolute atomic E-state index is 13.7. The summed E-state index contributed by atoms with van der Waals surface area (Å²) in [5, 5.41) is 3.66. The molecule has 1 atom stereocenters. The zero-order valence-electron chi connectivity index (χ0n) is 21.5. The Kier molecular flexibility index (Phi) is 10.4. The molecule has 0 fully saturated rings. The number of hydrogen-bond donors (Lipinski definition) is 1. The maximum Gasteiger partial charge on any atom is 0.243 e. The largest absolute Gasteiger partial charge is 0.352 e. The van der Waals surface area contributed by atoms with Crippen molar-refractivity contribution in [1.29, 1.82) is 0 Å². The standard InChI is InChI=1S/C30H35ClN2O2S/c1-21(2)32-30(35)28(17-24-8-6-5-7-9-24)33(18-25-10-12-27(31)13-11-25)29(34)20-36-19-26-15-22(3)14-23(4)16-26/h5-16,21,28H,17-20H2,1-4H3,(H,32,35)/t28-/m1/s1. The summed E-state index contributed by atoms with van der Waals surface area (Å²) in [6.45, 7) is 8.37. The van der Waals surface area contributed by atoms with E-state index < -0.39 is 6.04 Å². The first-order chi connectivity index (χ1) is 17.2. The van der Waals surface area contributed by atoms with Gasteiger partial charge in [-0.1, -0.05) is 83.4 Å². The predicted octanol–water partition coefficient (Wildman–Crippen LogP) is 6.35. The second kappa shape index (κ2) is 13.5. The number of benzene rings is 3. The normalized spacial score (nSPS) is 11.8.